The third-order valence-corrected chi connectivity index (χ3v) is 8.86. The molecular weight excluding hydrogens is 444 g/mol. The highest BCUT2D eigenvalue weighted by molar-refractivity contribution is 8.03. The number of fused-ring (bicyclic) bond motifs is 1. The summed E-state index contributed by atoms with van der Waals surface area (Å²) in [6.07, 6.45) is 1.90. The van der Waals surface area contributed by atoms with Crippen molar-refractivity contribution in [2.75, 3.05) is 32.7 Å². The number of rotatable bonds is 7. The summed E-state index contributed by atoms with van der Waals surface area (Å²) < 4.78 is 0. The van der Waals surface area contributed by atoms with Crippen molar-refractivity contribution in [3.05, 3.63) is 10.6 Å². The van der Waals surface area contributed by atoms with E-state index in [1.54, 1.807) is 0 Å². The van der Waals surface area contributed by atoms with Crippen molar-refractivity contribution >= 4 is 35.3 Å². The predicted octanol–water partition coefficient (Wildman–Crippen LogP) is 0.660. The van der Waals surface area contributed by atoms with Gasteiger partial charge in [-0.05, 0) is 32.2 Å². The Balaban J connectivity index is 1.44. The number of β-lactam (4-membered cyclic amide) rings is 1. The standard InChI is InChI=1S/C23H34N4O5S/c1-12(9-13(2)28)17-18-14(3)20(19(23(31)32)27(18)22(17)30)33-15-10-16(25-11-15)21(29)26-7-4-5-24-6-8-26/h12,14-18,24-25H,4-11H2,1-3H3,(H,31,32)/t12-,14+,15?,16?,17+,18-/m0/s1. The van der Waals surface area contributed by atoms with Gasteiger partial charge in [0.05, 0.1) is 18.0 Å². The number of carboxylic acid groups (broad SMARTS) is 1. The molecule has 4 heterocycles. The molecule has 4 rings (SSSR count). The highest BCUT2D eigenvalue weighted by Gasteiger charge is 2.60. The van der Waals surface area contributed by atoms with E-state index in [2.05, 4.69) is 10.6 Å². The molecule has 3 fully saturated rings. The van der Waals surface area contributed by atoms with Crippen LogP contribution in [0.25, 0.3) is 0 Å². The third kappa shape index (κ3) is 4.57. The topological polar surface area (TPSA) is 119 Å². The molecule has 0 aromatic rings. The maximum absolute atomic E-state index is 13.0. The van der Waals surface area contributed by atoms with Crippen LogP contribution in [0.5, 0.6) is 0 Å². The number of hydrogen-bond donors (Lipinski definition) is 3. The smallest absolute Gasteiger partial charge is 0.353 e. The summed E-state index contributed by atoms with van der Waals surface area (Å²) in [6, 6.07) is -0.468. The van der Waals surface area contributed by atoms with Gasteiger partial charge in [-0.25, -0.2) is 4.79 Å². The molecule has 4 aliphatic rings. The lowest BCUT2D eigenvalue weighted by atomic mass is 9.73. The molecule has 4 aliphatic heterocycles. The Kier molecular flexibility index (Phi) is 7.16. The lowest BCUT2D eigenvalue weighted by Gasteiger charge is -2.47. The van der Waals surface area contributed by atoms with Gasteiger partial charge in [0.2, 0.25) is 11.8 Å². The molecule has 0 spiro atoms. The Labute approximate surface area is 198 Å². The lowest BCUT2D eigenvalue weighted by molar-refractivity contribution is -0.160. The summed E-state index contributed by atoms with van der Waals surface area (Å²) in [5, 5.41) is 16.6. The molecule has 182 valence electrons. The van der Waals surface area contributed by atoms with E-state index in [1.165, 1.54) is 23.6 Å². The SMILES string of the molecule is CC(=O)C[C@H](C)[C@H]1C(=O)N2C(C(=O)O)=C(SC3CNC(C(=O)N4CCCNCC4)C3)[C@H](C)[C@@H]12. The van der Waals surface area contributed by atoms with Crippen molar-refractivity contribution < 1.29 is 24.3 Å². The van der Waals surface area contributed by atoms with E-state index in [0.29, 0.717) is 25.9 Å². The lowest BCUT2D eigenvalue weighted by Crippen LogP contribution is -2.62. The zero-order valence-electron chi connectivity index (χ0n) is 19.5. The monoisotopic (exact) mass is 478 g/mol. The largest absolute Gasteiger partial charge is 0.477 e. The average molecular weight is 479 g/mol. The quantitative estimate of drug-likeness (QED) is 0.457. The molecule has 0 aromatic carbocycles. The Morgan fingerprint density at radius 2 is 2.00 bits per heavy atom. The molecule has 0 aromatic heterocycles. The number of amides is 2. The van der Waals surface area contributed by atoms with Crippen LogP contribution < -0.4 is 10.6 Å². The minimum Gasteiger partial charge on any atom is -0.477 e. The number of carbonyl (C=O) groups is 4. The van der Waals surface area contributed by atoms with Crippen LogP contribution in [0.3, 0.4) is 0 Å². The van der Waals surface area contributed by atoms with Gasteiger partial charge in [0.25, 0.3) is 0 Å². The summed E-state index contributed by atoms with van der Waals surface area (Å²) >= 11 is 1.50. The number of carboxylic acids is 1. The summed E-state index contributed by atoms with van der Waals surface area (Å²) in [6.45, 7) is 9.21. The second kappa shape index (κ2) is 9.76. The zero-order valence-corrected chi connectivity index (χ0v) is 20.3. The van der Waals surface area contributed by atoms with Gasteiger partial charge >= 0.3 is 5.97 Å². The van der Waals surface area contributed by atoms with Gasteiger partial charge in [-0.3, -0.25) is 9.59 Å². The molecule has 3 N–H and O–H groups in total. The number of aliphatic carboxylic acids is 1. The first-order valence-corrected chi connectivity index (χ1v) is 12.8. The van der Waals surface area contributed by atoms with E-state index < -0.39 is 5.97 Å². The number of ketones is 1. The number of carbonyl (C=O) groups excluding carboxylic acids is 3. The van der Waals surface area contributed by atoms with Crippen LogP contribution in [0.1, 0.15) is 40.0 Å². The summed E-state index contributed by atoms with van der Waals surface area (Å²) in [7, 11) is 0. The Bertz CT molecular complexity index is 869. The first kappa shape index (κ1) is 24.2. The maximum atomic E-state index is 13.0. The normalized spacial score (nSPS) is 32.9. The molecule has 0 aliphatic carbocycles. The summed E-state index contributed by atoms with van der Waals surface area (Å²) in [5.41, 5.74) is 0.0853. The van der Waals surface area contributed by atoms with Crippen LogP contribution in [0, 0.1) is 17.8 Å². The second-order valence-electron chi connectivity index (χ2n) is 9.78. The molecule has 6 atom stereocenters. The van der Waals surface area contributed by atoms with E-state index in [0.717, 1.165) is 31.0 Å². The zero-order chi connectivity index (χ0) is 23.9. The van der Waals surface area contributed by atoms with Crippen LogP contribution in [-0.2, 0) is 19.2 Å². The minimum absolute atomic E-state index is 0.0355. The molecule has 2 amide bonds. The number of hydrogen-bond acceptors (Lipinski definition) is 7. The molecule has 10 heteroatoms. The first-order valence-electron chi connectivity index (χ1n) is 11.9. The summed E-state index contributed by atoms with van der Waals surface area (Å²) in [4.78, 5) is 53.7. The number of thioether (sulfide) groups is 1. The Morgan fingerprint density at radius 3 is 2.70 bits per heavy atom. The van der Waals surface area contributed by atoms with E-state index in [4.69, 9.17) is 0 Å². The number of Topliss-reactive ketones (excluding diaryl/α,β-unsaturated/α-hetero) is 1. The van der Waals surface area contributed by atoms with E-state index in [1.807, 2.05) is 18.7 Å². The van der Waals surface area contributed by atoms with Crippen molar-refractivity contribution in [2.24, 2.45) is 17.8 Å². The number of nitrogens with one attached hydrogen (secondary N) is 2. The molecule has 3 saturated heterocycles. The van der Waals surface area contributed by atoms with Crippen molar-refractivity contribution in [1.82, 2.24) is 20.4 Å². The fourth-order valence-corrected chi connectivity index (χ4v) is 7.27. The van der Waals surface area contributed by atoms with Gasteiger partial charge in [-0.15, -0.1) is 11.8 Å². The second-order valence-corrected chi connectivity index (χ2v) is 11.1. The Hall–Kier alpha value is -1.91. The highest BCUT2D eigenvalue weighted by atomic mass is 32.2. The molecule has 0 saturated carbocycles. The van der Waals surface area contributed by atoms with Crippen LogP contribution in [-0.4, -0.2) is 88.5 Å². The average Bonchev–Trinajstić information content (AvgIpc) is 3.17. The molecule has 9 nitrogen and oxygen atoms in total. The maximum Gasteiger partial charge on any atom is 0.353 e. The van der Waals surface area contributed by atoms with Crippen molar-refractivity contribution in [2.45, 2.75) is 57.4 Å². The third-order valence-electron chi connectivity index (χ3n) is 7.35. The van der Waals surface area contributed by atoms with E-state index >= 15 is 0 Å². The Morgan fingerprint density at radius 1 is 1.24 bits per heavy atom. The molecule has 33 heavy (non-hydrogen) atoms. The summed E-state index contributed by atoms with van der Waals surface area (Å²) in [5.74, 6) is -1.68. The van der Waals surface area contributed by atoms with Crippen LogP contribution >= 0.6 is 11.8 Å². The van der Waals surface area contributed by atoms with Crippen LogP contribution in [0.4, 0.5) is 0 Å². The first-order chi connectivity index (χ1) is 15.7. The van der Waals surface area contributed by atoms with Gasteiger partial charge in [0.1, 0.15) is 11.5 Å². The van der Waals surface area contributed by atoms with Gasteiger partial charge in [0.15, 0.2) is 0 Å². The van der Waals surface area contributed by atoms with Crippen molar-refractivity contribution in [3.8, 4) is 0 Å². The van der Waals surface area contributed by atoms with Gasteiger partial charge in [0, 0.05) is 48.7 Å². The van der Waals surface area contributed by atoms with Gasteiger partial charge in [-0.2, -0.15) is 0 Å². The molecule has 0 radical (unpaired) electrons. The van der Waals surface area contributed by atoms with E-state index in [-0.39, 0.29) is 58.4 Å². The molecule has 0 bridgehead atoms. The molecular formula is C23H34N4O5S. The van der Waals surface area contributed by atoms with Gasteiger partial charge in [-0.1, -0.05) is 13.8 Å². The van der Waals surface area contributed by atoms with E-state index in [9.17, 15) is 24.3 Å². The minimum atomic E-state index is -1.09. The predicted molar refractivity (Wildman–Crippen MR) is 124 cm³/mol. The van der Waals surface area contributed by atoms with Crippen molar-refractivity contribution in [1.29, 1.82) is 0 Å². The fraction of sp³-hybridized carbons (Fsp3) is 0.739. The molecule has 2 unspecified atom stereocenters. The van der Waals surface area contributed by atoms with Gasteiger partial charge < -0.3 is 30.3 Å². The highest BCUT2D eigenvalue weighted by Crippen LogP contribution is 2.53. The van der Waals surface area contributed by atoms with Crippen molar-refractivity contribution in [3.63, 3.8) is 0 Å². The van der Waals surface area contributed by atoms with Crippen LogP contribution in [0.2, 0.25) is 0 Å². The number of nitrogens with zero attached hydrogens (tertiary/aromatic N) is 2. The van der Waals surface area contributed by atoms with Crippen LogP contribution in [0.15, 0.2) is 10.6 Å². The fourth-order valence-electron chi connectivity index (χ4n) is 5.79.